The molecule has 1 rings (SSSR count). The fraction of sp³-hybridized carbons (Fsp3) is 0.846. The van der Waals surface area contributed by atoms with Crippen LogP contribution in [0.1, 0.15) is 40.0 Å². The summed E-state index contributed by atoms with van der Waals surface area (Å²) in [4.78, 5) is 23.6. The van der Waals surface area contributed by atoms with Gasteiger partial charge in [-0.15, -0.1) is 0 Å². The highest BCUT2D eigenvalue weighted by Gasteiger charge is 2.47. The summed E-state index contributed by atoms with van der Waals surface area (Å²) in [5.41, 5.74) is -0.321. The first-order valence-electron chi connectivity index (χ1n) is 6.28. The van der Waals surface area contributed by atoms with Crippen LogP contribution >= 0.6 is 0 Å². The van der Waals surface area contributed by atoms with E-state index in [0.29, 0.717) is 18.9 Å². The Kier molecular flexibility index (Phi) is 4.69. The summed E-state index contributed by atoms with van der Waals surface area (Å²) in [5, 5.41) is 2.45. The Hall–Kier alpha value is -0.900. The second-order valence-corrected chi connectivity index (χ2v) is 5.42. The van der Waals surface area contributed by atoms with E-state index in [1.807, 2.05) is 6.92 Å². The molecule has 1 saturated heterocycles. The molecule has 0 bridgehead atoms. The molecule has 1 aliphatic rings. The minimum atomic E-state index is -0.321. The SMILES string of the molecule is CCC1(COC)CC(=O)NC(=O)C1CC(C)C. The zero-order valence-electron chi connectivity index (χ0n) is 11.2. The van der Waals surface area contributed by atoms with Crippen LogP contribution in [-0.2, 0) is 14.3 Å². The smallest absolute Gasteiger partial charge is 0.230 e. The number of amides is 2. The number of nitrogens with one attached hydrogen (secondary N) is 1. The summed E-state index contributed by atoms with van der Waals surface area (Å²) in [6, 6.07) is 0. The zero-order valence-corrected chi connectivity index (χ0v) is 11.2. The summed E-state index contributed by atoms with van der Waals surface area (Å²) in [6.07, 6.45) is 1.98. The minimum Gasteiger partial charge on any atom is -0.384 e. The number of carbonyl (C=O) groups excluding carboxylic acids is 2. The Morgan fingerprint density at radius 2 is 2.12 bits per heavy atom. The van der Waals surface area contributed by atoms with Crippen LogP contribution < -0.4 is 5.32 Å². The number of piperidine rings is 1. The summed E-state index contributed by atoms with van der Waals surface area (Å²) >= 11 is 0. The molecule has 1 N–H and O–H groups in total. The number of methoxy groups -OCH3 is 1. The molecule has 98 valence electrons. The summed E-state index contributed by atoms with van der Waals surface area (Å²) in [7, 11) is 1.63. The van der Waals surface area contributed by atoms with Crippen molar-refractivity contribution in [2.75, 3.05) is 13.7 Å². The number of imide groups is 1. The second-order valence-electron chi connectivity index (χ2n) is 5.42. The molecule has 0 aromatic rings. The quantitative estimate of drug-likeness (QED) is 0.746. The van der Waals surface area contributed by atoms with Gasteiger partial charge in [0.2, 0.25) is 11.8 Å². The first kappa shape index (κ1) is 14.2. The van der Waals surface area contributed by atoms with Gasteiger partial charge in [-0.3, -0.25) is 14.9 Å². The molecule has 1 fully saturated rings. The van der Waals surface area contributed by atoms with E-state index >= 15 is 0 Å². The molecule has 0 aliphatic carbocycles. The van der Waals surface area contributed by atoms with Crippen LogP contribution in [0.2, 0.25) is 0 Å². The Balaban J connectivity index is 2.98. The largest absolute Gasteiger partial charge is 0.384 e. The highest BCUT2D eigenvalue weighted by molar-refractivity contribution is 5.99. The van der Waals surface area contributed by atoms with Gasteiger partial charge in [-0.2, -0.15) is 0 Å². The van der Waals surface area contributed by atoms with Crippen LogP contribution in [0.15, 0.2) is 0 Å². The Bertz CT molecular complexity index is 301. The maximum Gasteiger partial charge on any atom is 0.230 e. The van der Waals surface area contributed by atoms with Gasteiger partial charge in [-0.05, 0) is 18.8 Å². The molecule has 0 aromatic carbocycles. The van der Waals surface area contributed by atoms with Crippen LogP contribution in [0.25, 0.3) is 0 Å². The number of hydrogen-bond acceptors (Lipinski definition) is 3. The zero-order chi connectivity index (χ0) is 13.1. The van der Waals surface area contributed by atoms with Crippen LogP contribution in [0.5, 0.6) is 0 Å². The number of carbonyl (C=O) groups is 2. The average molecular weight is 241 g/mol. The lowest BCUT2D eigenvalue weighted by Crippen LogP contribution is -2.54. The highest BCUT2D eigenvalue weighted by Crippen LogP contribution is 2.41. The van der Waals surface area contributed by atoms with Crippen LogP contribution in [0.3, 0.4) is 0 Å². The molecule has 4 nitrogen and oxygen atoms in total. The van der Waals surface area contributed by atoms with Gasteiger partial charge in [0.05, 0.1) is 6.61 Å². The van der Waals surface area contributed by atoms with E-state index in [2.05, 4.69) is 19.2 Å². The van der Waals surface area contributed by atoms with Crippen molar-refractivity contribution in [3.8, 4) is 0 Å². The van der Waals surface area contributed by atoms with Crippen molar-refractivity contribution in [3.05, 3.63) is 0 Å². The van der Waals surface area contributed by atoms with Crippen LogP contribution in [-0.4, -0.2) is 25.5 Å². The van der Waals surface area contributed by atoms with Gasteiger partial charge in [0.1, 0.15) is 0 Å². The highest BCUT2D eigenvalue weighted by atomic mass is 16.5. The van der Waals surface area contributed by atoms with Crippen LogP contribution in [0, 0.1) is 17.3 Å². The molecule has 17 heavy (non-hydrogen) atoms. The van der Waals surface area contributed by atoms with Crippen molar-refractivity contribution in [3.63, 3.8) is 0 Å². The van der Waals surface area contributed by atoms with Crippen molar-refractivity contribution in [1.82, 2.24) is 5.32 Å². The maximum absolute atomic E-state index is 12.0. The van der Waals surface area contributed by atoms with E-state index in [0.717, 1.165) is 12.8 Å². The van der Waals surface area contributed by atoms with E-state index in [9.17, 15) is 9.59 Å². The normalized spacial score (nSPS) is 29.6. The molecule has 2 atom stereocenters. The van der Waals surface area contributed by atoms with E-state index in [4.69, 9.17) is 4.74 Å². The third-order valence-electron chi connectivity index (χ3n) is 3.67. The predicted molar refractivity (Wildman–Crippen MR) is 65.3 cm³/mol. The maximum atomic E-state index is 12.0. The monoisotopic (exact) mass is 241 g/mol. The van der Waals surface area contributed by atoms with Crippen molar-refractivity contribution >= 4 is 11.8 Å². The topological polar surface area (TPSA) is 55.4 Å². The average Bonchev–Trinajstić information content (AvgIpc) is 2.23. The van der Waals surface area contributed by atoms with Gasteiger partial charge in [-0.25, -0.2) is 0 Å². The minimum absolute atomic E-state index is 0.120. The standard InChI is InChI=1S/C13H23NO3/c1-5-13(8-17-4)7-11(15)14-12(16)10(13)6-9(2)3/h9-10H,5-8H2,1-4H3,(H,14,15,16). The van der Waals surface area contributed by atoms with Crippen molar-refractivity contribution in [2.24, 2.45) is 17.3 Å². The van der Waals surface area contributed by atoms with E-state index in [1.165, 1.54) is 0 Å². The van der Waals surface area contributed by atoms with Crippen molar-refractivity contribution in [2.45, 2.75) is 40.0 Å². The van der Waals surface area contributed by atoms with E-state index in [-0.39, 0.29) is 23.1 Å². The summed E-state index contributed by atoms with van der Waals surface area (Å²) in [6.45, 7) is 6.69. The summed E-state index contributed by atoms with van der Waals surface area (Å²) in [5.74, 6) is 0.00893. The molecule has 2 unspecified atom stereocenters. The van der Waals surface area contributed by atoms with E-state index < -0.39 is 0 Å². The van der Waals surface area contributed by atoms with E-state index in [1.54, 1.807) is 7.11 Å². The first-order valence-corrected chi connectivity index (χ1v) is 6.28. The Morgan fingerprint density at radius 3 is 2.59 bits per heavy atom. The molecule has 0 spiro atoms. The Morgan fingerprint density at radius 1 is 1.47 bits per heavy atom. The number of ether oxygens (including phenoxy) is 1. The Labute approximate surface area is 103 Å². The number of hydrogen-bond donors (Lipinski definition) is 1. The van der Waals surface area contributed by atoms with Gasteiger partial charge < -0.3 is 4.74 Å². The molecule has 0 radical (unpaired) electrons. The number of rotatable bonds is 5. The van der Waals surface area contributed by atoms with Gasteiger partial charge in [0.25, 0.3) is 0 Å². The summed E-state index contributed by atoms with van der Waals surface area (Å²) < 4.78 is 5.25. The third-order valence-corrected chi connectivity index (χ3v) is 3.67. The molecule has 1 aliphatic heterocycles. The van der Waals surface area contributed by atoms with Gasteiger partial charge >= 0.3 is 0 Å². The van der Waals surface area contributed by atoms with Gasteiger partial charge in [0.15, 0.2) is 0 Å². The lowest BCUT2D eigenvalue weighted by molar-refractivity contribution is -0.147. The third kappa shape index (κ3) is 3.06. The molecular formula is C13H23NO3. The lowest BCUT2D eigenvalue weighted by Gasteiger charge is -2.42. The van der Waals surface area contributed by atoms with Gasteiger partial charge in [0, 0.05) is 24.9 Å². The lowest BCUT2D eigenvalue weighted by atomic mass is 9.66. The molecule has 0 aromatic heterocycles. The molecule has 0 saturated carbocycles. The molecule has 4 heteroatoms. The van der Waals surface area contributed by atoms with Crippen molar-refractivity contribution in [1.29, 1.82) is 0 Å². The fourth-order valence-electron chi connectivity index (χ4n) is 2.73. The first-order chi connectivity index (χ1) is 7.95. The van der Waals surface area contributed by atoms with Crippen molar-refractivity contribution < 1.29 is 14.3 Å². The van der Waals surface area contributed by atoms with Gasteiger partial charge in [-0.1, -0.05) is 20.8 Å². The fourth-order valence-corrected chi connectivity index (χ4v) is 2.73. The molecule has 1 heterocycles. The second kappa shape index (κ2) is 5.63. The van der Waals surface area contributed by atoms with Crippen LogP contribution in [0.4, 0.5) is 0 Å². The predicted octanol–water partition coefficient (Wildman–Crippen LogP) is 1.74. The molecular weight excluding hydrogens is 218 g/mol. The molecule has 2 amide bonds.